The number of ether oxygens (including phenoxy) is 3. The predicted octanol–water partition coefficient (Wildman–Crippen LogP) is 4.14. The summed E-state index contributed by atoms with van der Waals surface area (Å²) in [5, 5.41) is 19.1. The first-order valence-electron chi connectivity index (χ1n) is 11.7. The molecular formula is C26H31NO6. The van der Waals surface area contributed by atoms with Crippen LogP contribution in [0, 0.1) is 5.92 Å². The fourth-order valence-corrected chi connectivity index (χ4v) is 5.64. The summed E-state index contributed by atoms with van der Waals surface area (Å²) >= 11 is 0. The van der Waals surface area contributed by atoms with E-state index in [-0.39, 0.29) is 30.5 Å². The van der Waals surface area contributed by atoms with Crippen molar-refractivity contribution in [1.82, 2.24) is 4.90 Å². The van der Waals surface area contributed by atoms with Crippen molar-refractivity contribution in [2.75, 3.05) is 13.2 Å². The normalized spacial score (nSPS) is 28.1. The number of rotatable bonds is 5. The van der Waals surface area contributed by atoms with Crippen molar-refractivity contribution in [3.05, 3.63) is 53.6 Å². The molecule has 0 amide bonds. The van der Waals surface area contributed by atoms with Crippen molar-refractivity contribution >= 4 is 5.97 Å². The van der Waals surface area contributed by atoms with Crippen LogP contribution in [0.15, 0.2) is 42.5 Å². The lowest BCUT2D eigenvalue weighted by Gasteiger charge is -2.54. The van der Waals surface area contributed by atoms with Gasteiger partial charge in [0.05, 0.1) is 12.2 Å². The van der Waals surface area contributed by atoms with Gasteiger partial charge in [-0.05, 0) is 63.4 Å². The van der Waals surface area contributed by atoms with Gasteiger partial charge in [0.25, 0.3) is 0 Å². The number of fused-ring (bicyclic) bond motifs is 4. The second kappa shape index (κ2) is 8.54. The average molecular weight is 454 g/mol. The van der Waals surface area contributed by atoms with Gasteiger partial charge in [-0.3, -0.25) is 4.90 Å². The Balaban J connectivity index is 1.33. The Labute approximate surface area is 193 Å². The number of aromatic hydroxyl groups is 1. The Hall–Kier alpha value is -2.77. The van der Waals surface area contributed by atoms with Crippen molar-refractivity contribution in [3.63, 3.8) is 0 Å². The van der Waals surface area contributed by atoms with E-state index in [4.69, 9.17) is 19.3 Å². The summed E-state index contributed by atoms with van der Waals surface area (Å²) in [5.74, 6) is 0.484. The van der Waals surface area contributed by atoms with E-state index in [9.17, 15) is 9.90 Å². The molecule has 0 bridgehead atoms. The van der Waals surface area contributed by atoms with Gasteiger partial charge in [-0.2, -0.15) is 0 Å². The number of carboxylic acids is 1. The lowest BCUT2D eigenvalue weighted by Crippen LogP contribution is -2.58. The summed E-state index contributed by atoms with van der Waals surface area (Å²) in [6, 6.07) is 13.5. The Morgan fingerprint density at radius 3 is 2.76 bits per heavy atom. The number of piperidine rings is 1. The zero-order valence-corrected chi connectivity index (χ0v) is 19.1. The molecule has 176 valence electrons. The third kappa shape index (κ3) is 4.27. The third-order valence-electron chi connectivity index (χ3n) is 7.28. The van der Waals surface area contributed by atoms with Gasteiger partial charge < -0.3 is 24.4 Å². The van der Waals surface area contributed by atoms with Crippen LogP contribution in [-0.2, 0) is 16.1 Å². The minimum Gasteiger partial charge on any atom is -0.504 e. The number of para-hydroxylation sites is 1. The van der Waals surface area contributed by atoms with Crippen LogP contribution >= 0.6 is 0 Å². The molecule has 0 saturated carbocycles. The topological polar surface area (TPSA) is 88.5 Å². The second-order valence-electron chi connectivity index (χ2n) is 9.84. The summed E-state index contributed by atoms with van der Waals surface area (Å²) in [4.78, 5) is 13.2. The number of benzene rings is 2. The van der Waals surface area contributed by atoms with Gasteiger partial charge in [-0.25, -0.2) is 4.79 Å². The minimum atomic E-state index is -0.985. The van der Waals surface area contributed by atoms with E-state index in [1.165, 1.54) is 0 Å². The van der Waals surface area contributed by atoms with Gasteiger partial charge in [-0.15, -0.1) is 0 Å². The summed E-state index contributed by atoms with van der Waals surface area (Å²) in [5.41, 5.74) is 1.66. The van der Waals surface area contributed by atoms with Crippen LogP contribution in [0.5, 0.6) is 17.2 Å². The van der Waals surface area contributed by atoms with Crippen LogP contribution in [0.25, 0.3) is 0 Å². The summed E-state index contributed by atoms with van der Waals surface area (Å²) in [6.45, 7) is 5.66. The van der Waals surface area contributed by atoms with Gasteiger partial charge in [0, 0.05) is 24.1 Å². The lowest BCUT2D eigenvalue weighted by molar-refractivity contribution is -0.190. The van der Waals surface area contributed by atoms with Crippen LogP contribution in [0.2, 0.25) is 0 Å². The molecule has 5 rings (SSSR count). The molecule has 4 atom stereocenters. The smallest absolute Gasteiger partial charge is 0.341 e. The van der Waals surface area contributed by atoms with Crippen molar-refractivity contribution < 1.29 is 29.2 Å². The SMILES string of the molecule is CC1(C)Oc2c(O)cccc2[C@@H]2O[C@@H]3CCCN(Cc4ccc(OCC(=O)O)cc4)[C@@H]3C[C@H]21. The summed E-state index contributed by atoms with van der Waals surface area (Å²) in [7, 11) is 0. The van der Waals surface area contributed by atoms with Crippen molar-refractivity contribution in [2.45, 2.75) is 63.5 Å². The van der Waals surface area contributed by atoms with Gasteiger partial charge in [-0.1, -0.05) is 24.3 Å². The monoisotopic (exact) mass is 453 g/mol. The number of phenolic OH excluding ortho intramolecular Hbond substituents is 1. The molecule has 2 aromatic carbocycles. The zero-order valence-electron chi connectivity index (χ0n) is 19.1. The highest BCUT2D eigenvalue weighted by molar-refractivity contribution is 5.68. The van der Waals surface area contributed by atoms with Crippen LogP contribution in [0.4, 0.5) is 0 Å². The molecule has 2 aromatic rings. The maximum atomic E-state index is 10.7. The number of aliphatic carboxylic acids is 1. The van der Waals surface area contributed by atoms with Gasteiger partial charge in [0.1, 0.15) is 11.4 Å². The van der Waals surface area contributed by atoms with E-state index in [0.29, 0.717) is 17.5 Å². The zero-order chi connectivity index (χ0) is 23.2. The summed E-state index contributed by atoms with van der Waals surface area (Å²) < 4.78 is 18.3. The van der Waals surface area contributed by atoms with E-state index in [1.807, 2.05) is 36.4 Å². The van der Waals surface area contributed by atoms with Crippen molar-refractivity contribution in [3.8, 4) is 17.2 Å². The number of carboxylic acid groups (broad SMARTS) is 1. The van der Waals surface area contributed by atoms with Gasteiger partial charge in [0.2, 0.25) is 0 Å². The highest BCUT2D eigenvalue weighted by Crippen LogP contribution is 2.54. The molecule has 3 aliphatic rings. The molecule has 0 aliphatic carbocycles. The molecule has 0 radical (unpaired) electrons. The highest BCUT2D eigenvalue weighted by Gasteiger charge is 2.52. The van der Waals surface area contributed by atoms with Crippen LogP contribution in [0.3, 0.4) is 0 Å². The fraction of sp³-hybridized carbons (Fsp3) is 0.500. The second-order valence-corrected chi connectivity index (χ2v) is 9.84. The molecule has 2 N–H and O–H groups in total. The van der Waals surface area contributed by atoms with Crippen molar-refractivity contribution in [1.29, 1.82) is 0 Å². The van der Waals surface area contributed by atoms with E-state index >= 15 is 0 Å². The standard InChI is InChI=1S/C26H31NO6/c1-26(2)19-13-20-22(32-24(19)18-5-3-6-21(28)25(18)33-26)7-4-12-27(20)14-16-8-10-17(11-9-16)31-15-23(29)30/h3,5-6,8-11,19-20,22,24,28H,4,7,12-15H2,1-2H3,(H,29,30)/t19-,20-,22-,24+/m1/s1. The predicted molar refractivity (Wildman–Crippen MR) is 122 cm³/mol. The molecule has 3 aliphatic heterocycles. The molecule has 2 saturated heterocycles. The van der Waals surface area contributed by atoms with E-state index in [0.717, 1.165) is 43.5 Å². The Morgan fingerprint density at radius 2 is 2.00 bits per heavy atom. The van der Waals surface area contributed by atoms with Crippen LogP contribution < -0.4 is 9.47 Å². The van der Waals surface area contributed by atoms with Crippen molar-refractivity contribution in [2.24, 2.45) is 5.92 Å². The number of likely N-dealkylation sites (tertiary alicyclic amines) is 1. The molecule has 33 heavy (non-hydrogen) atoms. The quantitative estimate of drug-likeness (QED) is 0.703. The minimum absolute atomic E-state index is 0.0808. The maximum absolute atomic E-state index is 10.7. The maximum Gasteiger partial charge on any atom is 0.341 e. The first kappa shape index (κ1) is 22.0. The molecule has 7 nitrogen and oxygen atoms in total. The molecule has 7 heteroatoms. The van der Waals surface area contributed by atoms with Crippen LogP contribution in [0.1, 0.15) is 50.3 Å². The Bertz CT molecular complexity index is 1020. The van der Waals surface area contributed by atoms with Crippen LogP contribution in [-0.4, -0.2) is 52.0 Å². The molecule has 2 fully saturated rings. The Morgan fingerprint density at radius 1 is 1.21 bits per heavy atom. The first-order chi connectivity index (χ1) is 15.8. The van der Waals surface area contributed by atoms with Gasteiger partial charge in [0.15, 0.2) is 18.1 Å². The van der Waals surface area contributed by atoms with Gasteiger partial charge >= 0.3 is 5.97 Å². The molecular weight excluding hydrogens is 422 g/mol. The largest absolute Gasteiger partial charge is 0.504 e. The molecule has 0 unspecified atom stereocenters. The summed E-state index contributed by atoms with van der Waals surface area (Å²) in [6.07, 6.45) is 3.13. The molecule has 0 spiro atoms. The number of phenols is 1. The number of hydrogen-bond donors (Lipinski definition) is 2. The lowest BCUT2D eigenvalue weighted by atomic mass is 9.72. The number of nitrogens with zero attached hydrogens (tertiary/aromatic N) is 1. The van der Waals surface area contributed by atoms with E-state index in [2.05, 4.69) is 18.7 Å². The highest BCUT2D eigenvalue weighted by atomic mass is 16.5. The number of hydrogen-bond acceptors (Lipinski definition) is 6. The van der Waals surface area contributed by atoms with E-state index in [1.54, 1.807) is 6.07 Å². The van der Waals surface area contributed by atoms with E-state index < -0.39 is 11.6 Å². The third-order valence-corrected chi connectivity index (χ3v) is 7.28. The molecule has 0 aromatic heterocycles. The average Bonchev–Trinajstić information content (AvgIpc) is 2.79. The number of carbonyl (C=O) groups is 1. The fourth-order valence-electron chi connectivity index (χ4n) is 5.64. The molecule has 3 heterocycles. The first-order valence-corrected chi connectivity index (χ1v) is 11.7. The Kier molecular flexibility index (Phi) is 5.70.